The Hall–Kier alpha value is -4.99. The van der Waals surface area contributed by atoms with Gasteiger partial charge in [-0.1, -0.05) is 6.07 Å². The van der Waals surface area contributed by atoms with Crippen LogP contribution in [0.2, 0.25) is 0 Å². The number of carboxylic acid groups (broad SMARTS) is 1. The van der Waals surface area contributed by atoms with Crippen molar-refractivity contribution in [2.75, 3.05) is 13.1 Å². The Labute approximate surface area is 197 Å². The summed E-state index contributed by atoms with van der Waals surface area (Å²) in [5, 5.41) is 25.1. The first-order valence-corrected chi connectivity index (χ1v) is 10.4. The highest BCUT2D eigenvalue weighted by Crippen LogP contribution is 2.42. The Morgan fingerprint density at radius 3 is 2.40 bits per heavy atom. The van der Waals surface area contributed by atoms with Gasteiger partial charge in [-0.3, -0.25) is 19.2 Å². The molecule has 0 aromatic heterocycles. The third-order valence-corrected chi connectivity index (χ3v) is 5.28. The van der Waals surface area contributed by atoms with Crippen molar-refractivity contribution < 1.29 is 33.8 Å². The number of carbonyl (C=O) groups excluding carboxylic acids is 3. The molecule has 0 saturated heterocycles. The fourth-order valence-electron chi connectivity index (χ4n) is 3.74. The molecule has 4 rings (SSSR count). The van der Waals surface area contributed by atoms with E-state index in [1.165, 1.54) is 48.5 Å². The number of benzene rings is 3. The van der Waals surface area contributed by atoms with Gasteiger partial charge in [0.1, 0.15) is 17.1 Å². The van der Waals surface area contributed by atoms with Gasteiger partial charge in [-0.05, 0) is 42.0 Å². The van der Waals surface area contributed by atoms with Crippen LogP contribution in [0.3, 0.4) is 0 Å². The molecule has 2 amide bonds. The minimum Gasteiger partial charge on any atom is -0.508 e. The highest BCUT2D eigenvalue weighted by Gasteiger charge is 2.23. The van der Waals surface area contributed by atoms with Crippen LogP contribution in [0.25, 0.3) is 33.4 Å². The van der Waals surface area contributed by atoms with E-state index in [0.29, 0.717) is 16.5 Å². The molecular weight excluding hydrogens is 456 g/mol. The molecule has 2 aromatic carbocycles. The van der Waals surface area contributed by atoms with Gasteiger partial charge in [0.2, 0.25) is 6.29 Å². The van der Waals surface area contributed by atoms with Crippen LogP contribution < -0.4 is 16.1 Å². The van der Waals surface area contributed by atoms with Crippen LogP contribution in [0.1, 0.15) is 20.7 Å². The monoisotopic (exact) mass is 474 g/mol. The van der Waals surface area contributed by atoms with Gasteiger partial charge in [0.15, 0.2) is 5.43 Å². The second-order valence-corrected chi connectivity index (χ2v) is 7.55. The zero-order chi connectivity index (χ0) is 25.1. The highest BCUT2D eigenvalue weighted by molar-refractivity contribution is 6.23. The molecule has 10 nitrogen and oxygen atoms in total. The Balaban J connectivity index is 1.80. The number of aldehydes is 1. The van der Waals surface area contributed by atoms with Crippen LogP contribution in [-0.2, 0) is 9.59 Å². The van der Waals surface area contributed by atoms with E-state index in [1.54, 1.807) is 6.07 Å². The van der Waals surface area contributed by atoms with Crippen LogP contribution in [-0.4, -0.2) is 47.4 Å². The molecule has 4 N–H and O–H groups in total. The minimum atomic E-state index is -1.28. The number of hydrogen-bond acceptors (Lipinski definition) is 7. The maximum atomic E-state index is 12.5. The van der Waals surface area contributed by atoms with Crippen molar-refractivity contribution in [3.63, 3.8) is 0 Å². The molecule has 176 valence electrons. The molecule has 0 bridgehead atoms. The fourth-order valence-corrected chi connectivity index (χ4v) is 3.74. The summed E-state index contributed by atoms with van der Waals surface area (Å²) in [6, 6.07) is 12.7. The van der Waals surface area contributed by atoms with Crippen LogP contribution in [0.4, 0.5) is 0 Å². The molecule has 0 atom stereocenters. The van der Waals surface area contributed by atoms with Gasteiger partial charge in [-0.2, -0.15) is 0 Å². The first-order valence-electron chi connectivity index (χ1n) is 10.4. The van der Waals surface area contributed by atoms with Crippen molar-refractivity contribution in [1.82, 2.24) is 10.6 Å². The molecule has 0 radical (unpaired) electrons. The summed E-state index contributed by atoms with van der Waals surface area (Å²) >= 11 is 0. The molecule has 0 unspecified atom stereocenters. The summed E-state index contributed by atoms with van der Waals surface area (Å²) < 4.78 is 5.79. The third-order valence-electron chi connectivity index (χ3n) is 5.28. The van der Waals surface area contributed by atoms with Crippen LogP contribution in [0.15, 0.2) is 63.8 Å². The Morgan fingerprint density at radius 1 is 0.914 bits per heavy atom. The largest absolute Gasteiger partial charge is 0.508 e. The van der Waals surface area contributed by atoms with Gasteiger partial charge in [0, 0.05) is 47.3 Å². The molecule has 0 saturated carbocycles. The van der Waals surface area contributed by atoms with E-state index in [2.05, 4.69) is 10.6 Å². The Morgan fingerprint density at radius 2 is 1.66 bits per heavy atom. The topological polar surface area (TPSA) is 163 Å². The number of rotatable bonds is 7. The standard InChI is InChI=1S/C25H18N2O8/c28-12-22(31)26-7-8-27-24(32)13-1-4-16(19(9-13)25(33)34)23-17-5-2-14(29)10-20(17)35-21-11-15(30)3-6-18(21)23/h1-6,9-12,29H,7-8H2,(H,26,31)(H,27,32)(H,33,34). The lowest BCUT2D eigenvalue weighted by atomic mass is 9.90. The lowest BCUT2D eigenvalue weighted by molar-refractivity contribution is -0.131. The number of fused-ring (bicyclic) bond motifs is 2. The fraction of sp³-hybridized carbons (Fsp3) is 0.0800. The first-order chi connectivity index (χ1) is 16.8. The van der Waals surface area contributed by atoms with E-state index < -0.39 is 17.8 Å². The molecule has 1 aliphatic heterocycles. The number of phenols is 1. The van der Waals surface area contributed by atoms with Gasteiger partial charge in [-0.25, -0.2) is 4.79 Å². The average molecular weight is 474 g/mol. The van der Waals surface area contributed by atoms with Crippen molar-refractivity contribution in [3.8, 4) is 28.2 Å². The van der Waals surface area contributed by atoms with Gasteiger partial charge in [0.25, 0.3) is 11.8 Å². The second-order valence-electron chi connectivity index (χ2n) is 7.55. The smallest absolute Gasteiger partial charge is 0.336 e. The molecule has 1 aliphatic carbocycles. The molecule has 35 heavy (non-hydrogen) atoms. The minimum absolute atomic E-state index is 0.0211. The summed E-state index contributed by atoms with van der Waals surface area (Å²) in [4.78, 5) is 57.9. The van der Waals surface area contributed by atoms with Gasteiger partial charge < -0.3 is 25.3 Å². The van der Waals surface area contributed by atoms with Crippen LogP contribution >= 0.6 is 0 Å². The number of phenolic OH excluding ortho intramolecular Hbond substituents is 1. The van der Waals surface area contributed by atoms with E-state index >= 15 is 0 Å². The Bertz CT molecular complexity index is 1520. The summed E-state index contributed by atoms with van der Waals surface area (Å²) in [6.45, 7) is 0.0479. The van der Waals surface area contributed by atoms with Crippen molar-refractivity contribution in [1.29, 1.82) is 0 Å². The molecular formula is C25H18N2O8. The first kappa shape index (κ1) is 23.2. The maximum absolute atomic E-state index is 12.5. The molecule has 10 heteroatoms. The van der Waals surface area contributed by atoms with Crippen LogP contribution in [0.5, 0.6) is 5.75 Å². The van der Waals surface area contributed by atoms with E-state index in [9.17, 15) is 34.2 Å². The number of carboxylic acids is 1. The van der Waals surface area contributed by atoms with E-state index in [1.807, 2.05) is 0 Å². The van der Waals surface area contributed by atoms with Crippen LogP contribution in [0, 0.1) is 0 Å². The predicted molar refractivity (Wildman–Crippen MR) is 125 cm³/mol. The summed E-state index contributed by atoms with van der Waals surface area (Å²) in [5.41, 5.74) is 1.06. The average Bonchev–Trinajstić information content (AvgIpc) is 2.84. The zero-order valence-electron chi connectivity index (χ0n) is 18.0. The van der Waals surface area contributed by atoms with Crippen molar-refractivity contribution >= 4 is 35.0 Å². The number of carbonyl (C=O) groups is 4. The van der Waals surface area contributed by atoms with E-state index in [0.717, 1.165) is 0 Å². The molecule has 2 aromatic rings. The number of aromatic hydroxyl groups is 1. The van der Waals surface area contributed by atoms with Crippen molar-refractivity contribution in [2.24, 2.45) is 0 Å². The third kappa shape index (κ3) is 4.71. The zero-order valence-corrected chi connectivity index (χ0v) is 18.0. The predicted octanol–water partition coefficient (Wildman–Crippen LogP) is 2.01. The van der Waals surface area contributed by atoms with E-state index in [4.69, 9.17) is 4.42 Å². The van der Waals surface area contributed by atoms with Gasteiger partial charge in [0.05, 0.1) is 5.56 Å². The molecule has 1 heterocycles. The number of nitrogens with one attached hydrogen (secondary N) is 2. The normalized spacial score (nSPS) is 10.7. The van der Waals surface area contributed by atoms with E-state index in [-0.39, 0.29) is 58.6 Å². The molecule has 2 aliphatic rings. The summed E-state index contributed by atoms with van der Waals surface area (Å²) in [5.74, 6) is -2.53. The maximum Gasteiger partial charge on any atom is 0.336 e. The van der Waals surface area contributed by atoms with Gasteiger partial charge >= 0.3 is 5.97 Å². The number of amides is 2. The molecule has 0 spiro atoms. The quantitative estimate of drug-likeness (QED) is 0.137. The SMILES string of the molecule is O=CC(=O)NCCNC(=O)c1ccc(-c2c3ccc(=O)cc-3oc3cc(O)ccc23)c(C(=O)O)c1. The second kappa shape index (κ2) is 9.48. The van der Waals surface area contributed by atoms with Crippen molar-refractivity contribution in [3.05, 3.63) is 75.9 Å². The number of aromatic carboxylic acids is 1. The highest BCUT2D eigenvalue weighted by atomic mass is 16.4. The van der Waals surface area contributed by atoms with Crippen molar-refractivity contribution in [2.45, 2.75) is 0 Å². The van der Waals surface area contributed by atoms with Gasteiger partial charge in [-0.15, -0.1) is 0 Å². The number of hydrogen-bond donors (Lipinski definition) is 4. The summed E-state index contributed by atoms with van der Waals surface area (Å²) in [7, 11) is 0. The summed E-state index contributed by atoms with van der Waals surface area (Å²) in [6.07, 6.45) is 0.114. The lowest BCUT2D eigenvalue weighted by Crippen LogP contribution is -2.35. The molecule has 0 fully saturated rings. The Kier molecular flexibility index (Phi) is 6.27. The lowest BCUT2D eigenvalue weighted by Gasteiger charge is -2.17.